The molecule has 110 valence electrons. The van der Waals surface area contributed by atoms with Gasteiger partial charge in [0.15, 0.2) is 9.84 Å². The van der Waals surface area contributed by atoms with E-state index in [1.807, 2.05) is 0 Å². The molecular formula is C13H10Cl2N2O2S2. The van der Waals surface area contributed by atoms with Crippen molar-refractivity contribution in [3.05, 3.63) is 50.6 Å². The molecule has 0 atom stereocenters. The van der Waals surface area contributed by atoms with Crippen LogP contribution in [0.5, 0.6) is 0 Å². The van der Waals surface area contributed by atoms with Gasteiger partial charge in [0.2, 0.25) is 0 Å². The van der Waals surface area contributed by atoms with E-state index in [4.69, 9.17) is 23.2 Å². The van der Waals surface area contributed by atoms with Gasteiger partial charge in [-0.15, -0.1) is 11.3 Å². The molecule has 0 saturated heterocycles. The van der Waals surface area contributed by atoms with E-state index in [1.54, 1.807) is 29.6 Å². The molecule has 0 radical (unpaired) electrons. The fraction of sp³-hybridized carbons (Fsp3) is 0.154. The van der Waals surface area contributed by atoms with E-state index >= 15 is 0 Å². The van der Waals surface area contributed by atoms with Gasteiger partial charge >= 0.3 is 0 Å². The minimum absolute atomic E-state index is 0.146. The molecule has 0 amide bonds. The zero-order valence-electron chi connectivity index (χ0n) is 10.6. The van der Waals surface area contributed by atoms with Crippen LogP contribution >= 0.6 is 34.5 Å². The summed E-state index contributed by atoms with van der Waals surface area (Å²) in [6, 6.07) is 6.83. The number of nitrogens with one attached hydrogen (secondary N) is 1. The quantitative estimate of drug-likeness (QED) is 0.835. The third-order valence-electron chi connectivity index (χ3n) is 3.09. The number of sulfone groups is 1. The Kier molecular flexibility index (Phi) is 3.96. The van der Waals surface area contributed by atoms with Crippen molar-refractivity contribution in [1.29, 1.82) is 0 Å². The summed E-state index contributed by atoms with van der Waals surface area (Å²) in [5, 5.41) is 7.61. The average molecular weight is 361 g/mol. The summed E-state index contributed by atoms with van der Waals surface area (Å²) in [5.41, 5.74) is 4.24. The molecule has 4 nitrogen and oxygen atoms in total. The first-order chi connectivity index (χ1) is 9.97. The van der Waals surface area contributed by atoms with Crippen LogP contribution in [0.15, 0.2) is 39.0 Å². The van der Waals surface area contributed by atoms with Crippen molar-refractivity contribution >= 4 is 50.1 Å². The van der Waals surface area contributed by atoms with Crippen LogP contribution in [0, 0.1) is 0 Å². The number of hydrogen-bond acceptors (Lipinski definition) is 5. The van der Waals surface area contributed by atoms with E-state index < -0.39 is 9.84 Å². The van der Waals surface area contributed by atoms with Crippen LogP contribution in [0.3, 0.4) is 0 Å². The summed E-state index contributed by atoms with van der Waals surface area (Å²) in [5.74, 6) is 0.146. The molecule has 2 aromatic rings. The first-order valence-corrected chi connectivity index (χ1v) is 9.34. The molecule has 1 aliphatic heterocycles. The second kappa shape index (κ2) is 5.61. The Morgan fingerprint density at radius 2 is 2.05 bits per heavy atom. The molecule has 1 aliphatic rings. The summed E-state index contributed by atoms with van der Waals surface area (Å²) in [6.07, 6.45) is 0.490. The van der Waals surface area contributed by atoms with Gasteiger partial charge in [-0.2, -0.15) is 5.10 Å². The predicted molar refractivity (Wildman–Crippen MR) is 85.7 cm³/mol. The molecule has 2 heterocycles. The minimum atomic E-state index is -3.14. The molecule has 0 bridgehead atoms. The highest BCUT2D eigenvalue weighted by Crippen LogP contribution is 2.27. The highest BCUT2D eigenvalue weighted by Gasteiger charge is 2.27. The van der Waals surface area contributed by atoms with Gasteiger partial charge in [-0.3, -0.25) is 5.43 Å². The van der Waals surface area contributed by atoms with Crippen molar-refractivity contribution in [2.75, 3.05) is 11.2 Å². The lowest BCUT2D eigenvalue weighted by atomic mass is 10.2. The first-order valence-electron chi connectivity index (χ1n) is 6.05. The largest absolute Gasteiger partial charge is 0.276 e. The van der Waals surface area contributed by atoms with Gasteiger partial charge in [-0.25, -0.2) is 8.42 Å². The van der Waals surface area contributed by atoms with E-state index in [0.717, 1.165) is 5.56 Å². The van der Waals surface area contributed by atoms with E-state index in [1.165, 1.54) is 11.3 Å². The maximum Gasteiger partial charge on any atom is 0.188 e. The molecule has 0 spiro atoms. The standard InChI is InChI=1S/C13H10Cl2N2O2S2/c14-8-1-2-12(10(15)7-8)17-16-11-3-5-20-13-9(11)4-6-21(13,18)19/h1-3,5,7,17H,4,6H2/b16-11+. The average Bonchev–Trinajstić information content (AvgIpc) is 2.75. The zero-order chi connectivity index (χ0) is 15.0. The van der Waals surface area contributed by atoms with Crippen LogP contribution in [0.25, 0.3) is 0 Å². The van der Waals surface area contributed by atoms with Crippen molar-refractivity contribution in [1.82, 2.24) is 0 Å². The number of rotatable bonds is 2. The van der Waals surface area contributed by atoms with Crippen LogP contribution in [-0.4, -0.2) is 14.2 Å². The molecule has 21 heavy (non-hydrogen) atoms. The summed E-state index contributed by atoms with van der Waals surface area (Å²) >= 11 is 13.1. The molecule has 1 aromatic carbocycles. The van der Waals surface area contributed by atoms with Gasteiger partial charge in [0.05, 0.1) is 21.8 Å². The van der Waals surface area contributed by atoms with E-state index in [-0.39, 0.29) is 5.75 Å². The number of hydrogen-bond donors (Lipinski definition) is 1. The molecule has 8 heteroatoms. The number of nitrogens with zero attached hydrogens (tertiary/aromatic N) is 1. The van der Waals surface area contributed by atoms with Gasteiger partial charge in [0.25, 0.3) is 0 Å². The third-order valence-corrected chi connectivity index (χ3v) is 6.97. The Balaban J connectivity index is 2.01. The van der Waals surface area contributed by atoms with Crippen LogP contribution in [-0.2, 0) is 16.3 Å². The Morgan fingerprint density at radius 3 is 2.81 bits per heavy atom. The molecule has 0 aliphatic carbocycles. The first kappa shape index (κ1) is 14.8. The Labute approximate surface area is 136 Å². The molecular weight excluding hydrogens is 351 g/mol. The maximum absolute atomic E-state index is 11.9. The van der Waals surface area contributed by atoms with Gasteiger partial charge in [0, 0.05) is 10.6 Å². The van der Waals surface area contributed by atoms with Gasteiger partial charge in [-0.1, -0.05) is 23.2 Å². The normalized spacial score (nSPS) is 16.8. The Hall–Kier alpha value is -1.08. The molecule has 0 unspecified atom stereocenters. The minimum Gasteiger partial charge on any atom is -0.276 e. The summed E-state index contributed by atoms with van der Waals surface area (Å²) in [4.78, 5) is 0. The highest BCUT2D eigenvalue weighted by atomic mass is 35.5. The second-order valence-electron chi connectivity index (χ2n) is 4.49. The molecule has 0 fully saturated rings. The number of halogens is 2. The monoisotopic (exact) mass is 360 g/mol. The van der Waals surface area contributed by atoms with Crippen molar-refractivity contribution in [2.45, 2.75) is 10.6 Å². The predicted octanol–water partition coefficient (Wildman–Crippen LogP) is 3.31. The lowest BCUT2D eigenvalue weighted by Crippen LogP contribution is -2.11. The third kappa shape index (κ3) is 2.94. The number of fused-ring (bicyclic) bond motifs is 1. The smallest absolute Gasteiger partial charge is 0.188 e. The lowest BCUT2D eigenvalue weighted by molar-refractivity contribution is 0.601. The topological polar surface area (TPSA) is 58.5 Å². The number of anilines is 1. The van der Waals surface area contributed by atoms with Crippen LogP contribution in [0.1, 0.15) is 5.56 Å². The summed E-state index contributed by atoms with van der Waals surface area (Å²) in [7, 11) is -3.14. The van der Waals surface area contributed by atoms with E-state index in [9.17, 15) is 8.42 Å². The fourth-order valence-corrected chi connectivity index (χ4v) is 5.43. The van der Waals surface area contributed by atoms with Crippen LogP contribution < -0.4 is 10.8 Å². The van der Waals surface area contributed by atoms with Crippen molar-refractivity contribution in [3.63, 3.8) is 0 Å². The van der Waals surface area contributed by atoms with E-state index in [2.05, 4.69) is 10.5 Å². The SMILES string of the molecule is O=S1(=O)CCc2c1scc/c2=N\Nc1ccc(Cl)cc1Cl. The summed E-state index contributed by atoms with van der Waals surface area (Å²) in [6.45, 7) is 0. The van der Waals surface area contributed by atoms with Gasteiger partial charge < -0.3 is 0 Å². The van der Waals surface area contributed by atoms with Crippen molar-refractivity contribution in [2.24, 2.45) is 5.10 Å². The maximum atomic E-state index is 11.9. The Bertz CT molecular complexity index is 876. The van der Waals surface area contributed by atoms with Crippen molar-refractivity contribution < 1.29 is 8.42 Å². The summed E-state index contributed by atoms with van der Waals surface area (Å²) < 4.78 is 24.2. The fourth-order valence-electron chi connectivity index (χ4n) is 2.06. The van der Waals surface area contributed by atoms with E-state index in [0.29, 0.717) is 31.7 Å². The van der Waals surface area contributed by atoms with Gasteiger partial charge in [0.1, 0.15) is 4.21 Å². The zero-order valence-corrected chi connectivity index (χ0v) is 13.8. The highest BCUT2D eigenvalue weighted by molar-refractivity contribution is 7.93. The molecule has 1 aromatic heterocycles. The molecule has 0 saturated carbocycles. The van der Waals surface area contributed by atoms with Gasteiger partial charge in [-0.05, 0) is 36.1 Å². The van der Waals surface area contributed by atoms with Crippen molar-refractivity contribution in [3.8, 4) is 0 Å². The number of benzene rings is 1. The van der Waals surface area contributed by atoms with Crippen LogP contribution in [0.4, 0.5) is 5.69 Å². The van der Waals surface area contributed by atoms with Crippen LogP contribution in [0.2, 0.25) is 10.0 Å². The molecule has 3 rings (SSSR count). The lowest BCUT2D eigenvalue weighted by Gasteiger charge is -2.04. The Morgan fingerprint density at radius 1 is 1.24 bits per heavy atom. The molecule has 1 N–H and O–H groups in total. The second-order valence-corrected chi connectivity index (χ2v) is 8.55.